The predicted molar refractivity (Wildman–Crippen MR) is 143 cm³/mol. The normalized spacial score (nSPS) is 11.6. The van der Waals surface area contributed by atoms with Crippen molar-refractivity contribution in [2.75, 3.05) is 12.8 Å². The van der Waals surface area contributed by atoms with Gasteiger partial charge in [0.2, 0.25) is 11.8 Å². The largest absolute Gasteiger partial charge is 0.357 e. The van der Waals surface area contributed by atoms with Gasteiger partial charge in [-0.05, 0) is 34.9 Å². The maximum Gasteiger partial charge on any atom is 0.242 e. The molecule has 1 N–H and O–H groups in total. The summed E-state index contributed by atoms with van der Waals surface area (Å²) < 4.78 is 0. The minimum absolute atomic E-state index is 0.153. The lowest BCUT2D eigenvalue weighted by Crippen LogP contribution is -2.50. The number of likely N-dealkylation sites (N-methyl/N-ethyl adjacent to an activating group) is 1. The molecule has 0 radical (unpaired) electrons. The molecule has 3 aromatic carbocycles. The first-order valence-corrected chi connectivity index (χ1v) is 13.0. The molecule has 0 aliphatic carbocycles. The Hall–Kier alpha value is -2.18. The molecule has 4 nitrogen and oxygen atoms in total. The van der Waals surface area contributed by atoms with Gasteiger partial charge in [-0.2, -0.15) is 0 Å². The Morgan fingerprint density at radius 1 is 0.912 bits per heavy atom. The van der Waals surface area contributed by atoms with Gasteiger partial charge >= 0.3 is 0 Å². The number of halogens is 3. The monoisotopic (exact) mass is 534 g/mol. The van der Waals surface area contributed by atoms with Crippen LogP contribution in [0.2, 0.25) is 15.1 Å². The van der Waals surface area contributed by atoms with Crippen LogP contribution in [0.25, 0.3) is 0 Å². The number of amides is 2. The van der Waals surface area contributed by atoms with Gasteiger partial charge in [0.1, 0.15) is 6.04 Å². The maximum atomic E-state index is 13.5. The molecule has 0 fully saturated rings. The summed E-state index contributed by atoms with van der Waals surface area (Å²) in [5, 5.41) is 4.39. The highest BCUT2D eigenvalue weighted by molar-refractivity contribution is 7.99. The zero-order valence-corrected chi connectivity index (χ0v) is 21.7. The van der Waals surface area contributed by atoms with Gasteiger partial charge in [-0.3, -0.25) is 9.59 Å². The zero-order valence-electron chi connectivity index (χ0n) is 18.6. The molecular formula is C26H25Cl3N2O2S. The van der Waals surface area contributed by atoms with Crippen LogP contribution in [0.1, 0.15) is 16.7 Å². The summed E-state index contributed by atoms with van der Waals surface area (Å²) in [6.45, 7) is 0.228. The first kappa shape index (κ1) is 26.4. The molecule has 0 saturated heterocycles. The van der Waals surface area contributed by atoms with Gasteiger partial charge in [0.15, 0.2) is 0 Å². The van der Waals surface area contributed by atoms with E-state index in [1.54, 1.807) is 30.1 Å². The van der Waals surface area contributed by atoms with Crippen molar-refractivity contribution in [1.82, 2.24) is 10.2 Å². The van der Waals surface area contributed by atoms with Crippen molar-refractivity contribution in [2.24, 2.45) is 0 Å². The van der Waals surface area contributed by atoms with Crippen molar-refractivity contribution in [2.45, 2.75) is 24.8 Å². The highest BCUT2D eigenvalue weighted by Gasteiger charge is 2.30. The molecule has 0 heterocycles. The van der Waals surface area contributed by atoms with E-state index >= 15 is 0 Å². The molecule has 0 bridgehead atoms. The second-order valence-corrected chi connectivity index (χ2v) is 9.90. The van der Waals surface area contributed by atoms with E-state index in [1.807, 2.05) is 54.6 Å². The Morgan fingerprint density at radius 3 is 2.29 bits per heavy atom. The first-order valence-electron chi connectivity index (χ1n) is 10.7. The van der Waals surface area contributed by atoms with Gasteiger partial charge in [0, 0.05) is 40.8 Å². The Kier molecular flexibility index (Phi) is 10.1. The van der Waals surface area contributed by atoms with E-state index in [4.69, 9.17) is 34.8 Å². The summed E-state index contributed by atoms with van der Waals surface area (Å²) in [6, 6.07) is 21.6. The molecule has 8 heteroatoms. The summed E-state index contributed by atoms with van der Waals surface area (Å²) in [4.78, 5) is 28.0. The van der Waals surface area contributed by atoms with E-state index in [0.29, 0.717) is 27.2 Å². The summed E-state index contributed by atoms with van der Waals surface area (Å²) in [7, 11) is 1.58. The third kappa shape index (κ3) is 7.41. The zero-order chi connectivity index (χ0) is 24.5. The number of hydrogen-bond donors (Lipinski definition) is 1. The topological polar surface area (TPSA) is 49.4 Å². The van der Waals surface area contributed by atoms with Crippen molar-refractivity contribution in [3.8, 4) is 0 Å². The molecule has 0 spiro atoms. The van der Waals surface area contributed by atoms with Gasteiger partial charge in [0.25, 0.3) is 0 Å². The second-order valence-electron chi connectivity index (χ2n) is 7.66. The number of benzene rings is 3. The third-order valence-electron chi connectivity index (χ3n) is 5.31. The SMILES string of the molecule is CNC(=O)[C@@H](Cc1ccccc1)N(Cc1ccccc1Cl)C(=O)CSCc1ccc(Cl)cc1Cl. The van der Waals surface area contributed by atoms with E-state index < -0.39 is 6.04 Å². The van der Waals surface area contributed by atoms with Crippen LogP contribution in [-0.2, 0) is 28.3 Å². The molecule has 3 aromatic rings. The summed E-state index contributed by atoms with van der Waals surface area (Å²) in [5.74, 6) is 0.353. The molecule has 178 valence electrons. The maximum absolute atomic E-state index is 13.5. The fourth-order valence-corrected chi connectivity index (χ4v) is 5.16. The number of thioether (sulfide) groups is 1. The van der Waals surface area contributed by atoms with Crippen LogP contribution in [0.3, 0.4) is 0 Å². The Balaban J connectivity index is 1.82. The molecule has 1 atom stereocenters. The van der Waals surface area contributed by atoms with Gasteiger partial charge < -0.3 is 10.2 Å². The van der Waals surface area contributed by atoms with Crippen molar-refractivity contribution in [1.29, 1.82) is 0 Å². The average Bonchev–Trinajstić information content (AvgIpc) is 2.83. The summed E-state index contributed by atoms with van der Waals surface area (Å²) in [6.07, 6.45) is 0.393. The van der Waals surface area contributed by atoms with E-state index in [0.717, 1.165) is 16.7 Å². The van der Waals surface area contributed by atoms with E-state index in [1.165, 1.54) is 11.8 Å². The number of rotatable bonds is 10. The van der Waals surface area contributed by atoms with Crippen molar-refractivity contribution >= 4 is 58.4 Å². The first-order chi connectivity index (χ1) is 16.4. The van der Waals surface area contributed by atoms with Crippen LogP contribution in [0.4, 0.5) is 0 Å². The lowest BCUT2D eigenvalue weighted by atomic mass is 10.0. The van der Waals surface area contributed by atoms with Crippen LogP contribution in [0.5, 0.6) is 0 Å². The highest BCUT2D eigenvalue weighted by atomic mass is 35.5. The van der Waals surface area contributed by atoms with Crippen LogP contribution >= 0.6 is 46.6 Å². The molecule has 0 aromatic heterocycles. The molecular weight excluding hydrogens is 511 g/mol. The van der Waals surface area contributed by atoms with Crippen LogP contribution in [0, 0.1) is 0 Å². The molecule has 0 unspecified atom stereocenters. The Morgan fingerprint density at radius 2 is 1.62 bits per heavy atom. The van der Waals surface area contributed by atoms with Gasteiger partial charge in [0.05, 0.1) is 5.75 Å². The van der Waals surface area contributed by atoms with E-state index in [2.05, 4.69) is 5.32 Å². The number of carbonyl (C=O) groups is 2. The third-order valence-corrected chi connectivity index (χ3v) is 7.24. The predicted octanol–water partition coefficient (Wildman–Crippen LogP) is 6.27. The lowest BCUT2D eigenvalue weighted by Gasteiger charge is -2.31. The minimum Gasteiger partial charge on any atom is -0.357 e. The lowest BCUT2D eigenvalue weighted by molar-refractivity contribution is -0.139. The summed E-state index contributed by atoms with van der Waals surface area (Å²) in [5.41, 5.74) is 2.65. The Labute approximate surface area is 219 Å². The fourth-order valence-electron chi connectivity index (χ4n) is 3.50. The number of carbonyl (C=O) groups excluding carboxylic acids is 2. The quantitative estimate of drug-likeness (QED) is 0.333. The standard InChI is InChI=1S/C26H25Cl3N2O2S/c1-30-26(33)24(13-18-7-3-2-4-8-18)31(15-19-9-5-6-10-22(19)28)25(32)17-34-16-20-11-12-21(27)14-23(20)29/h2-12,14,24H,13,15-17H2,1H3,(H,30,33)/t24-/m1/s1. The van der Waals surface area contributed by atoms with Gasteiger partial charge in [-0.1, -0.05) is 89.4 Å². The van der Waals surface area contributed by atoms with E-state index in [9.17, 15) is 9.59 Å². The smallest absolute Gasteiger partial charge is 0.242 e. The summed E-state index contributed by atoms with van der Waals surface area (Å²) >= 11 is 20.1. The molecule has 34 heavy (non-hydrogen) atoms. The van der Waals surface area contributed by atoms with Crippen LogP contribution < -0.4 is 5.32 Å². The van der Waals surface area contributed by atoms with Crippen molar-refractivity contribution in [3.63, 3.8) is 0 Å². The number of hydrogen-bond acceptors (Lipinski definition) is 3. The average molecular weight is 536 g/mol. The number of nitrogens with zero attached hydrogens (tertiary/aromatic N) is 1. The van der Waals surface area contributed by atoms with Crippen LogP contribution in [-0.4, -0.2) is 35.6 Å². The van der Waals surface area contributed by atoms with Crippen LogP contribution in [0.15, 0.2) is 72.8 Å². The minimum atomic E-state index is -0.684. The van der Waals surface area contributed by atoms with Gasteiger partial charge in [-0.25, -0.2) is 0 Å². The van der Waals surface area contributed by atoms with Gasteiger partial charge in [-0.15, -0.1) is 11.8 Å². The van der Waals surface area contributed by atoms with E-state index in [-0.39, 0.29) is 24.1 Å². The molecule has 0 aliphatic heterocycles. The molecule has 0 aliphatic rings. The Bertz CT molecular complexity index is 1130. The molecule has 2 amide bonds. The highest BCUT2D eigenvalue weighted by Crippen LogP contribution is 2.26. The van der Waals surface area contributed by atoms with Crippen molar-refractivity contribution in [3.05, 3.63) is 105 Å². The van der Waals surface area contributed by atoms with Crippen molar-refractivity contribution < 1.29 is 9.59 Å². The number of nitrogens with one attached hydrogen (secondary N) is 1. The molecule has 3 rings (SSSR count). The second kappa shape index (κ2) is 13.1. The molecule has 0 saturated carbocycles. The fraction of sp³-hybridized carbons (Fsp3) is 0.231.